The Hall–Kier alpha value is -1.56. The first-order chi connectivity index (χ1) is 8.55. The number of benzene rings is 1. The van der Waals surface area contributed by atoms with Gasteiger partial charge in [-0.3, -0.25) is 9.79 Å². The standard InChI is InChI=1S/C12H14FN3OS/c1-12(4-5-18-11(14)16-12)9-6-8(15-7-17)2-3-10(9)13/h2-3,6-7H,4-5H2,1H3,(H2,14,16)(H,15,17)/t12-/m0/s1. The van der Waals surface area contributed by atoms with Crippen molar-refractivity contribution < 1.29 is 9.18 Å². The lowest BCUT2D eigenvalue weighted by atomic mass is 9.89. The van der Waals surface area contributed by atoms with Gasteiger partial charge in [-0.15, -0.1) is 0 Å². The zero-order chi connectivity index (χ0) is 13.2. The number of thioether (sulfide) groups is 1. The number of hydrogen-bond donors (Lipinski definition) is 2. The van der Waals surface area contributed by atoms with Gasteiger partial charge in [0.15, 0.2) is 5.17 Å². The molecule has 3 N–H and O–H groups in total. The van der Waals surface area contributed by atoms with Crippen molar-refractivity contribution in [2.24, 2.45) is 10.7 Å². The van der Waals surface area contributed by atoms with Gasteiger partial charge in [-0.25, -0.2) is 4.39 Å². The van der Waals surface area contributed by atoms with Crippen molar-refractivity contribution in [2.45, 2.75) is 18.9 Å². The van der Waals surface area contributed by atoms with Crippen molar-refractivity contribution in [1.29, 1.82) is 0 Å². The molecule has 0 unspecified atom stereocenters. The van der Waals surface area contributed by atoms with Gasteiger partial charge < -0.3 is 11.1 Å². The third kappa shape index (κ3) is 2.48. The van der Waals surface area contributed by atoms with E-state index in [0.29, 0.717) is 29.2 Å². The van der Waals surface area contributed by atoms with E-state index in [1.54, 1.807) is 6.07 Å². The highest BCUT2D eigenvalue weighted by molar-refractivity contribution is 8.13. The first-order valence-corrected chi connectivity index (χ1v) is 6.52. The topological polar surface area (TPSA) is 67.5 Å². The first kappa shape index (κ1) is 12.9. The zero-order valence-electron chi connectivity index (χ0n) is 9.94. The molecular formula is C12H14FN3OS. The van der Waals surface area contributed by atoms with Gasteiger partial charge in [0.2, 0.25) is 6.41 Å². The number of carbonyl (C=O) groups is 1. The summed E-state index contributed by atoms with van der Waals surface area (Å²) in [6, 6.07) is 4.46. The summed E-state index contributed by atoms with van der Waals surface area (Å²) in [5, 5.41) is 2.98. The van der Waals surface area contributed by atoms with E-state index < -0.39 is 5.54 Å². The van der Waals surface area contributed by atoms with Crippen molar-refractivity contribution in [1.82, 2.24) is 0 Å². The highest BCUT2D eigenvalue weighted by atomic mass is 32.2. The molecule has 0 spiro atoms. The number of nitrogens with one attached hydrogen (secondary N) is 1. The highest BCUT2D eigenvalue weighted by Gasteiger charge is 2.32. The fourth-order valence-electron chi connectivity index (χ4n) is 1.98. The summed E-state index contributed by atoms with van der Waals surface area (Å²) < 4.78 is 13.9. The molecule has 0 radical (unpaired) electrons. The number of anilines is 1. The molecule has 0 bridgehead atoms. The van der Waals surface area contributed by atoms with Crippen LogP contribution in [0.25, 0.3) is 0 Å². The van der Waals surface area contributed by atoms with Gasteiger partial charge in [0.25, 0.3) is 0 Å². The minimum Gasteiger partial charge on any atom is -0.379 e. The van der Waals surface area contributed by atoms with Gasteiger partial charge in [0, 0.05) is 17.0 Å². The van der Waals surface area contributed by atoms with Gasteiger partial charge in [-0.2, -0.15) is 0 Å². The van der Waals surface area contributed by atoms with Gasteiger partial charge in [-0.1, -0.05) is 11.8 Å². The number of hydrogen-bond acceptors (Lipinski definition) is 4. The Morgan fingerprint density at radius 3 is 3.06 bits per heavy atom. The van der Waals surface area contributed by atoms with Crippen LogP contribution in [-0.4, -0.2) is 17.3 Å². The van der Waals surface area contributed by atoms with E-state index in [1.165, 1.54) is 23.9 Å². The monoisotopic (exact) mass is 267 g/mol. The molecule has 96 valence electrons. The summed E-state index contributed by atoms with van der Waals surface area (Å²) in [5.41, 5.74) is 6.05. The Kier molecular flexibility index (Phi) is 3.56. The minimum absolute atomic E-state index is 0.336. The minimum atomic E-state index is -0.667. The number of amides is 1. The molecule has 4 nitrogen and oxygen atoms in total. The van der Waals surface area contributed by atoms with Crippen LogP contribution in [0, 0.1) is 5.82 Å². The average molecular weight is 267 g/mol. The molecule has 0 fully saturated rings. The van der Waals surface area contributed by atoms with Crippen LogP contribution >= 0.6 is 11.8 Å². The summed E-state index contributed by atoms with van der Waals surface area (Å²) in [6.45, 7) is 1.85. The van der Waals surface area contributed by atoms with Crippen molar-refractivity contribution in [2.75, 3.05) is 11.1 Å². The molecule has 1 heterocycles. The summed E-state index contributed by atoms with van der Waals surface area (Å²) in [4.78, 5) is 14.8. The lowest BCUT2D eigenvalue weighted by Gasteiger charge is -2.30. The Morgan fingerprint density at radius 1 is 1.61 bits per heavy atom. The maximum atomic E-state index is 13.9. The fraction of sp³-hybridized carbons (Fsp3) is 0.333. The molecule has 0 aliphatic carbocycles. The molecule has 18 heavy (non-hydrogen) atoms. The van der Waals surface area contributed by atoms with Gasteiger partial charge in [0.1, 0.15) is 5.82 Å². The average Bonchev–Trinajstić information content (AvgIpc) is 2.31. The van der Waals surface area contributed by atoms with E-state index in [4.69, 9.17) is 5.73 Å². The van der Waals surface area contributed by atoms with Crippen LogP contribution in [0.15, 0.2) is 23.2 Å². The number of amidine groups is 1. The predicted octanol–water partition coefficient (Wildman–Crippen LogP) is 2.06. The largest absolute Gasteiger partial charge is 0.379 e. The number of nitrogens with two attached hydrogens (primary N) is 1. The SMILES string of the molecule is C[C@@]1(c2cc(NC=O)ccc2F)CCSC(N)=N1. The van der Waals surface area contributed by atoms with E-state index in [0.717, 1.165) is 5.75 Å². The molecule has 0 saturated carbocycles. The van der Waals surface area contributed by atoms with Crippen LogP contribution < -0.4 is 11.1 Å². The molecule has 0 saturated heterocycles. The van der Waals surface area contributed by atoms with Crippen LogP contribution in [0.4, 0.5) is 10.1 Å². The van der Waals surface area contributed by atoms with E-state index in [2.05, 4.69) is 10.3 Å². The maximum Gasteiger partial charge on any atom is 0.211 e. The molecule has 1 atom stereocenters. The predicted molar refractivity (Wildman–Crippen MR) is 72.1 cm³/mol. The maximum absolute atomic E-state index is 13.9. The van der Waals surface area contributed by atoms with E-state index in [-0.39, 0.29) is 5.82 Å². The number of halogens is 1. The lowest BCUT2D eigenvalue weighted by molar-refractivity contribution is -0.105. The van der Waals surface area contributed by atoms with E-state index >= 15 is 0 Å². The summed E-state index contributed by atoms with van der Waals surface area (Å²) in [6.07, 6.45) is 1.27. The molecule has 0 aromatic heterocycles. The third-order valence-corrected chi connectivity index (χ3v) is 3.76. The Bertz CT molecular complexity index is 506. The second-order valence-corrected chi connectivity index (χ2v) is 5.39. The van der Waals surface area contributed by atoms with Crippen LogP contribution in [0.5, 0.6) is 0 Å². The summed E-state index contributed by atoms with van der Waals surface area (Å²) >= 11 is 1.47. The number of nitrogens with zero attached hydrogens (tertiary/aromatic N) is 1. The smallest absolute Gasteiger partial charge is 0.211 e. The van der Waals surface area contributed by atoms with E-state index in [1.807, 2.05) is 6.92 Å². The van der Waals surface area contributed by atoms with Gasteiger partial charge >= 0.3 is 0 Å². The third-order valence-electron chi connectivity index (χ3n) is 2.97. The summed E-state index contributed by atoms with van der Waals surface area (Å²) in [7, 11) is 0. The van der Waals surface area contributed by atoms with Crippen LogP contribution in [0.3, 0.4) is 0 Å². The summed E-state index contributed by atoms with van der Waals surface area (Å²) in [5.74, 6) is 0.466. The Labute approximate surface area is 109 Å². The molecule has 2 rings (SSSR count). The second-order valence-electron chi connectivity index (χ2n) is 4.28. The molecular weight excluding hydrogens is 253 g/mol. The quantitative estimate of drug-likeness (QED) is 0.824. The van der Waals surface area contributed by atoms with Crippen molar-refractivity contribution in [3.05, 3.63) is 29.6 Å². The Balaban J connectivity index is 2.45. The van der Waals surface area contributed by atoms with Gasteiger partial charge in [-0.05, 0) is 31.5 Å². The molecule has 1 aliphatic heterocycles. The highest BCUT2D eigenvalue weighted by Crippen LogP contribution is 2.37. The molecule has 1 amide bonds. The molecule has 1 aromatic carbocycles. The Morgan fingerprint density at radius 2 is 2.39 bits per heavy atom. The van der Waals surface area contributed by atoms with Crippen LogP contribution in [0.1, 0.15) is 18.9 Å². The first-order valence-electron chi connectivity index (χ1n) is 5.53. The second kappa shape index (κ2) is 4.97. The molecule has 1 aromatic rings. The van der Waals surface area contributed by atoms with Crippen molar-refractivity contribution in [3.8, 4) is 0 Å². The van der Waals surface area contributed by atoms with E-state index in [9.17, 15) is 9.18 Å². The van der Waals surface area contributed by atoms with Crippen LogP contribution in [-0.2, 0) is 10.3 Å². The fourth-order valence-corrected chi connectivity index (χ4v) is 2.95. The van der Waals surface area contributed by atoms with Crippen molar-refractivity contribution in [3.63, 3.8) is 0 Å². The van der Waals surface area contributed by atoms with Crippen molar-refractivity contribution >= 4 is 29.0 Å². The zero-order valence-corrected chi connectivity index (χ0v) is 10.8. The number of aliphatic imine (C=N–C) groups is 1. The molecule has 1 aliphatic rings. The number of rotatable bonds is 3. The number of carbonyl (C=O) groups excluding carboxylic acids is 1. The van der Waals surface area contributed by atoms with Crippen LogP contribution in [0.2, 0.25) is 0 Å². The normalized spacial score (nSPS) is 23.3. The van der Waals surface area contributed by atoms with Gasteiger partial charge in [0.05, 0.1) is 5.54 Å². The molecule has 6 heteroatoms. The lowest BCUT2D eigenvalue weighted by Crippen LogP contribution is -2.29.